The summed E-state index contributed by atoms with van der Waals surface area (Å²) in [4.78, 5) is 36.3. The standard InChI is InChI=1S/C31H34ClF4N5O3S/c1-6-25(42)41-17(2)13-39(14-18(41)3)29-21-12-22(31(34,35)36)26(19-7-8-24(33)23(32)11-19)28-27(21)40(30(43)37-29)15-20(16-45-28)44-10-9-38(4)5/h6-8,11-12,17-18,20H,1,9-10,13-16H2,2-5H3/t17-,18+,20-/m0/s1. The van der Waals surface area contributed by atoms with Gasteiger partial charge in [0.15, 0.2) is 0 Å². The van der Waals surface area contributed by atoms with Crippen LogP contribution in [0.1, 0.15) is 19.4 Å². The molecule has 1 fully saturated rings. The average Bonchev–Trinajstić information content (AvgIpc) is 3.15. The summed E-state index contributed by atoms with van der Waals surface area (Å²) in [7, 11) is 3.79. The smallest absolute Gasteiger partial charge is 0.374 e. The van der Waals surface area contributed by atoms with Crippen molar-refractivity contribution < 1.29 is 27.1 Å². The first-order valence-corrected chi connectivity index (χ1v) is 15.8. The van der Waals surface area contributed by atoms with Gasteiger partial charge in [-0.25, -0.2) is 9.18 Å². The average molecular weight is 668 g/mol. The second kappa shape index (κ2) is 12.9. The molecule has 0 saturated carbocycles. The molecule has 45 heavy (non-hydrogen) atoms. The fourth-order valence-corrected chi connectivity index (χ4v) is 7.54. The highest BCUT2D eigenvalue weighted by Gasteiger charge is 2.40. The van der Waals surface area contributed by atoms with Crippen LogP contribution < -0.4 is 10.6 Å². The van der Waals surface area contributed by atoms with Gasteiger partial charge in [-0.05, 0) is 57.8 Å². The van der Waals surface area contributed by atoms with Crippen LogP contribution in [0.3, 0.4) is 0 Å². The fraction of sp³-hybridized carbons (Fsp3) is 0.452. The Bertz CT molecular complexity index is 1690. The van der Waals surface area contributed by atoms with E-state index in [2.05, 4.69) is 11.6 Å². The first-order valence-electron chi connectivity index (χ1n) is 14.4. The summed E-state index contributed by atoms with van der Waals surface area (Å²) >= 11 is 7.22. The third-order valence-corrected chi connectivity index (χ3v) is 9.57. The van der Waals surface area contributed by atoms with E-state index in [0.717, 1.165) is 23.9 Å². The highest BCUT2D eigenvalue weighted by atomic mass is 35.5. The predicted molar refractivity (Wildman–Crippen MR) is 169 cm³/mol. The normalized spacial score (nSPS) is 20.5. The highest BCUT2D eigenvalue weighted by Crippen LogP contribution is 2.48. The lowest BCUT2D eigenvalue weighted by atomic mass is 9.96. The molecule has 2 aromatic carbocycles. The van der Waals surface area contributed by atoms with E-state index in [1.54, 1.807) is 9.80 Å². The molecule has 5 rings (SSSR count). The van der Waals surface area contributed by atoms with Crippen LogP contribution in [0.15, 0.2) is 46.6 Å². The molecule has 14 heteroatoms. The third kappa shape index (κ3) is 6.58. The summed E-state index contributed by atoms with van der Waals surface area (Å²) in [6.45, 7) is 8.77. The lowest BCUT2D eigenvalue weighted by Crippen LogP contribution is -2.58. The van der Waals surface area contributed by atoms with Gasteiger partial charge in [-0.1, -0.05) is 24.2 Å². The van der Waals surface area contributed by atoms with Gasteiger partial charge in [-0.2, -0.15) is 18.2 Å². The van der Waals surface area contributed by atoms with Crippen molar-refractivity contribution in [3.63, 3.8) is 0 Å². The number of halogens is 5. The Balaban J connectivity index is 1.76. The van der Waals surface area contributed by atoms with Crippen molar-refractivity contribution in [3.05, 3.63) is 63.8 Å². The van der Waals surface area contributed by atoms with Gasteiger partial charge in [-0.15, -0.1) is 11.8 Å². The van der Waals surface area contributed by atoms with Crippen LogP contribution in [0.5, 0.6) is 0 Å². The molecule has 242 valence electrons. The van der Waals surface area contributed by atoms with Crippen molar-refractivity contribution in [3.8, 4) is 11.1 Å². The highest BCUT2D eigenvalue weighted by molar-refractivity contribution is 7.99. The summed E-state index contributed by atoms with van der Waals surface area (Å²) in [5.74, 6) is -0.643. The maximum absolute atomic E-state index is 15.0. The largest absolute Gasteiger partial charge is 0.417 e. The maximum Gasteiger partial charge on any atom is 0.417 e. The van der Waals surface area contributed by atoms with Crippen LogP contribution >= 0.6 is 23.4 Å². The van der Waals surface area contributed by atoms with E-state index in [4.69, 9.17) is 16.3 Å². The number of aromatic nitrogens is 2. The lowest BCUT2D eigenvalue weighted by molar-refractivity contribution is -0.137. The summed E-state index contributed by atoms with van der Waals surface area (Å²) in [6.07, 6.45) is -4.08. The molecule has 0 unspecified atom stereocenters. The van der Waals surface area contributed by atoms with Gasteiger partial charge in [0.1, 0.15) is 11.6 Å². The second-order valence-corrected chi connectivity index (χ2v) is 13.1. The van der Waals surface area contributed by atoms with Gasteiger partial charge >= 0.3 is 11.9 Å². The van der Waals surface area contributed by atoms with Crippen LogP contribution in [-0.2, 0) is 22.3 Å². The van der Waals surface area contributed by atoms with Crippen LogP contribution in [0, 0.1) is 5.82 Å². The van der Waals surface area contributed by atoms with Crippen molar-refractivity contribution in [2.75, 3.05) is 51.0 Å². The molecule has 0 bridgehead atoms. The number of rotatable bonds is 7. The zero-order valence-electron chi connectivity index (χ0n) is 25.3. The topological polar surface area (TPSA) is 70.9 Å². The number of carbonyl (C=O) groups excluding carboxylic acids is 1. The molecule has 3 aromatic rings. The molecule has 2 aliphatic heterocycles. The Morgan fingerprint density at radius 3 is 2.49 bits per heavy atom. The summed E-state index contributed by atoms with van der Waals surface area (Å²) in [5, 5.41) is -0.169. The van der Waals surface area contributed by atoms with E-state index in [1.165, 1.54) is 22.8 Å². The monoisotopic (exact) mass is 667 g/mol. The van der Waals surface area contributed by atoms with Gasteiger partial charge in [-0.3, -0.25) is 9.36 Å². The second-order valence-electron chi connectivity index (χ2n) is 11.6. The zero-order valence-corrected chi connectivity index (χ0v) is 26.9. The fourth-order valence-electron chi connectivity index (χ4n) is 6.08. The maximum atomic E-state index is 15.0. The number of anilines is 1. The number of alkyl halides is 3. The summed E-state index contributed by atoms with van der Waals surface area (Å²) in [5.41, 5.74) is -1.41. The molecule has 3 atom stereocenters. The van der Waals surface area contributed by atoms with Crippen molar-refractivity contribution >= 4 is 46.0 Å². The molecule has 1 saturated heterocycles. The molecule has 1 aromatic heterocycles. The molecule has 2 aliphatic rings. The number of ether oxygens (including phenoxy) is 1. The Kier molecular flexibility index (Phi) is 9.55. The number of benzene rings is 2. The molecular weight excluding hydrogens is 634 g/mol. The summed E-state index contributed by atoms with van der Waals surface area (Å²) in [6, 6.07) is 3.81. The minimum atomic E-state index is -4.82. The Morgan fingerprint density at radius 2 is 1.89 bits per heavy atom. The number of thioether (sulfide) groups is 1. The quantitative estimate of drug-likeness (QED) is 0.242. The van der Waals surface area contributed by atoms with Crippen molar-refractivity contribution in [1.82, 2.24) is 19.4 Å². The van der Waals surface area contributed by atoms with Crippen molar-refractivity contribution in [1.29, 1.82) is 0 Å². The number of likely N-dealkylation sites (N-methyl/N-ethyl adjacent to an activating group) is 1. The van der Waals surface area contributed by atoms with Crippen LogP contribution in [0.25, 0.3) is 22.0 Å². The molecule has 0 N–H and O–H groups in total. The molecule has 0 spiro atoms. The van der Waals surface area contributed by atoms with Gasteiger partial charge in [0, 0.05) is 53.3 Å². The number of hydrogen-bond donors (Lipinski definition) is 0. The number of piperazine rings is 1. The van der Waals surface area contributed by atoms with E-state index in [-0.39, 0.29) is 75.6 Å². The number of hydrogen-bond acceptors (Lipinski definition) is 7. The van der Waals surface area contributed by atoms with Gasteiger partial charge in [0.05, 0.1) is 35.4 Å². The molecule has 0 aliphatic carbocycles. The van der Waals surface area contributed by atoms with Crippen LogP contribution in [0.2, 0.25) is 5.02 Å². The molecule has 0 radical (unpaired) electrons. The van der Waals surface area contributed by atoms with Crippen LogP contribution in [-0.4, -0.2) is 89.5 Å². The van der Waals surface area contributed by atoms with E-state index in [1.807, 2.05) is 32.8 Å². The van der Waals surface area contributed by atoms with Crippen molar-refractivity contribution in [2.45, 2.75) is 49.7 Å². The van der Waals surface area contributed by atoms with E-state index in [0.29, 0.717) is 18.7 Å². The molecular formula is C31H34ClF4N5O3S. The number of nitrogens with zero attached hydrogens (tertiary/aromatic N) is 5. The zero-order chi connectivity index (χ0) is 32.8. The Labute approximate surface area is 267 Å². The lowest BCUT2D eigenvalue weighted by Gasteiger charge is -2.44. The van der Waals surface area contributed by atoms with E-state index < -0.39 is 29.4 Å². The van der Waals surface area contributed by atoms with E-state index in [9.17, 15) is 27.2 Å². The Hall–Kier alpha value is -3.13. The summed E-state index contributed by atoms with van der Waals surface area (Å²) < 4.78 is 66.5. The molecule has 1 amide bonds. The minimum Gasteiger partial charge on any atom is -0.374 e. The molecule has 3 heterocycles. The SMILES string of the molecule is C=CC(=O)N1[C@H](C)CN(c2nc(=O)n3c4c(c(-c5ccc(F)c(Cl)c5)c(C(F)(F)F)cc24)SC[C@@H](OCCN(C)C)C3)C[C@@H]1C. The number of amides is 1. The Morgan fingerprint density at radius 1 is 1.20 bits per heavy atom. The predicted octanol–water partition coefficient (Wildman–Crippen LogP) is 5.54. The minimum absolute atomic E-state index is 0.0706. The van der Waals surface area contributed by atoms with E-state index >= 15 is 0 Å². The van der Waals surface area contributed by atoms with Gasteiger partial charge in [0.2, 0.25) is 5.91 Å². The van der Waals surface area contributed by atoms with Crippen LogP contribution in [0.4, 0.5) is 23.4 Å². The first-order chi connectivity index (χ1) is 21.2. The van der Waals surface area contributed by atoms with Crippen molar-refractivity contribution in [2.24, 2.45) is 0 Å². The molecule has 8 nitrogen and oxygen atoms in total. The van der Waals surface area contributed by atoms with Gasteiger partial charge in [0.25, 0.3) is 0 Å². The first kappa shape index (κ1) is 33.2. The third-order valence-electron chi connectivity index (χ3n) is 8.05. The van der Waals surface area contributed by atoms with Gasteiger partial charge < -0.3 is 19.4 Å². The number of carbonyl (C=O) groups is 1.